The first kappa shape index (κ1) is 22.0. The van der Waals surface area contributed by atoms with Crippen LogP contribution in [-0.2, 0) is 24.4 Å². The third kappa shape index (κ3) is 4.93. The average Bonchev–Trinajstić information content (AvgIpc) is 2.85. The Hall–Kier alpha value is -2.33. The highest BCUT2D eigenvalue weighted by Gasteiger charge is 2.40. The summed E-state index contributed by atoms with van der Waals surface area (Å²) in [5, 5.41) is 2.62. The van der Waals surface area contributed by atoms with E-state index in [0.717, 1.165) is 0 Å². The average molecular weight is 410 g/mol. The van der Waals surface area contributed by atoms with E-state index in [4.69, 9.17) is 5.73 Å². The van der Waals surface area contributed by atoms with Crippen LogP contribution in [0.4, 0.5) is 0 Å². The van der Waals surface area contributed by atoms with E-state index < -0.39 is 33.3 Å². The molecule has 0 bridgehead atoms. The predicted molar refractivity (Wildman–Crippen MR) is 101 cm³/mol. The number of hydrogen-bond acceptors (Lipinski definition) is 7. The van der Waals surface area contributed by atoms with Crippen LogP contribution in [-0.4, -0.2) is 54.4 Å². The molecule has 0 aliphatic carbocycles. The molecule has 3 N–H and O–H groups in total. The highest BCUT2D eigenvalue weighted by Crippen LogP contribution is 2.26. The zero-order valence-electron chi connectivity index (χ0n) is 16.1. The van der Waals surface area contributed by atoms with Gasteiger partial charge in [0.05, 0.1) is 6.54 Å². The molecule has 0 saturated carbocycles. The summed E-state index contributed by atoms with van der Waals surface area (Å²) in [6, 6.07) is 3.23. The first-order valence-electron chi connectivity index (χ1n) is 9.09. The Balaban J connectivity index is 2.40. The van der Waals surface area contributed by atoms with Crippen molar-refractivity contribution in [2.75, 3.05) is 13.1 Å². The molecule has 1 aliphatic heterocycles. The topological polar surface area (TPSA) is 140 Å². The summed E-state index contributed by atoms with van der Waals surface area (Å²) in [6.07, 6.45) is 1.91. The molecule has 1 aliphatic rings. The van der Waals surface area contributed by atoms with Crippen molar-refractivity contribution in [1.82, 2.24) is 14.6 Å². The van der Waals surface area contributed by atoms with Gasteiger partial charge in [-0.3, -0.25) is 14.4 Å². The lowest BCUT2D eigenvalue weighted by atomic mass is 9.87. The van der Waals surface area contributed by atoms with E-state index >= 15 is 0 Å². The first-order chi connectivity index (χ1) is 13.1. The zero-order valence-corrected chi connectivity index (χ0v) is 16.9. The third-order valence-electron chi connectivity index (χ3n) is 4.82. The summed E-state index contributed by atoms with van der Waals surface area (Å²) >= 11 is 0. The molecule has 0 aromatic carbocycles. The summed E-state index contributed by atoms with van der Waals surface area (Å²) < 4.78 is 27.0. The maximum absolute atomic E-state index is 13.2. The minimum Gasteiger partial charge on any atom is -0.369 e. The van der Waals surface area contributed by atoms with Gasteiger partial charge in [-0.2, -0.15) is 8.42 Å². The van der Waals surface area contributed by atoms with Crippen LogP contribution in [0.15, 0.2) is 29.4 Å². The van der Waals surface area contributed by atoms with Crippen molar-refractivity contribution in [2.45, 2.75) is 50.6 Å². The number of pyridine rings is 1. The molecular weight excluding hydrogens is 384 g/mol. The number of ketones is 1. The summed E-state index contributed by atoms with van der Waals surface area (Å²) in [6.45, 7) is 3.71. The SMILES string of the molecule is CC(C)(CCC(=O)N([C@H]1CCCNCC1=O)S(=O)(=O)c1ccccn1)C(N)=O. The number of rotatable bonds is 7. The fourth-order valence-corrected chi connectivity index (χ4v) is 4.45. The van der Waals surface area contributed by atoms with E-state index in [1.165, 1.54) is 18.3 Å². The van der Waals surface area contributed by atoms with Crippen LogP contribution in [0.2, 0.25) is 0 Å². The second kappa shape index (κ2) is 8.78. The van der Waals surface area contributed by atoms with Crippen molar-refractivity contribution in [2.24, 2.45) is 11.1 Å². The Bertz CT molecular complexity index is 839. The van der Waals surface area contributed by atoms with Crippen molar-refractivity contribution < 1.29 is 22.8 Å². The quantitative estimate of drug-likeness (QED) is 0.655. The number of amides is 2. The van der Waals surface area contributed by atoms with Crippen LogP contribution in [0.5, 0.6) is 0 Å². The van der Waals surface area contributed by atoms with Crippen molar-refractivity contribution in [1.29, 1.82) is 0 Å². The second-order valence-electron chi connectivity index (χ2n) is 7.41. The van der Waals surface area contributed by atoms with E-state index in [2.05, 4.69) is 10.3 Å². The summed E-state index contributed by atoms with van der Waals surface area (Å²) in [5.74, 6) is -1.71. The molecule has 0 unspecified atom stereocenters. The summed E-state index contributed by atoms with van der Waals surface area (Å²) in [4.78, 5) is 40.9. The number of sulfonamides is 1. The lowest BCUT2D eigenvalue weighted by molar-refractivity contribution is -0.135. The number of primary amides is 1. The van der Waals surface area contributed by atoms with Gasteiger partial charge in [-0.25, -0.2) is 9.29 Å². The van der Waals surface area contributed by atoms with Crippen LogP contribution in [0.1, 0.15) is 39.5 Å². The molecule has 0 radical (unpaired) electrons. The molecule has 2 amide bonds. The largest absolute Gasteiger partial charge is 0.369 e. The van der Waals surface area contributed by atoms with Gasteiger partial charge in [0.2, 0.25) is 11.8 Å². The van der Waals surface area contributed by atoms with Crippen LogP contribution in [0.3, 0.4) is 0 Å². The molecular formula is C18H26N4O5S. The first-order valence-corrected chi connectivity index (χ1v) is 10.5. The number of hydrogen-bond donors (Lipinski definition) is 2. The number of aromatic nitrogens is 1. The normalized spacial score (nSPS) is 18.4. The maximum atomic E-state index is 13.2. The monoisotopic (exact) mass is 410 g/mol. The van der Waals surface area contributed by atoms with Gasteiger partial charge >= 0.3 is 0 Å². The Morgan fingerprint density at radius 2 is 2.07 bits per heavy atom. The molecule has 2 rings (SSSR count). The highest BCUT2D eigenvalue weighted by atomic mass is 32.2. The van der Waals surface area contributed by atoms with Crippen molar-refractivity contribution in [3.05, 3.63) is 24.4 Å². The molecule has 1 aromatic rings. The summed E-state index contributed by atoms with van der Waals surface area (Å²) in [7, 11) is -4.33. The summed E-state index contributed by atoms with van der Waals surface area (Å²) in [5.41, 5.74) is 4.36. The van der Waals surface area contributed by atoms with Gasteiger partial charge in [0.1, 0.15) is 6.04 Å². The number of nitrogens with zero attached hydrogens (tertiary/aromatic N) is 2. The lowest BCUT2D eigenvalue weighted by Gasteiger charge is -2.30. The highest BCUT2D eigenvalue weighted by molar-refractivity contribution is 7.89. The molecule has 28 heavy (non-hydrogen) atoms. The lowest BCUT2D eigenvalue weighted by Crippen LogP contribution is -2.50. The van der Waals surface area contributed by atoms with E-state index in [-0.39, 0.29) is 36.6 Å². The Labute approximate surface area is 164 Å². The number of nitrogens with two attached hydrogens (primary N) is 1. The molecule has 1 fully saturated rings. The molecule has 1 aromatic heterocycles. The minimum atomic E-state index is -4.33. The van der Waals surface area contributed by atoms with Crippen LogP contribution in [0, 0.1) is 5.41 Å². The second-order valence-corrected chi connectivity index (χ2v) is 9.17. The number of Topliss-reactive ketones (excluding diaryl/α,β-unsaturated/α-hetero) is 1. The molecule has 10 heteroatoms. The van der Waals surface area contributed by atoms with Crippen LogP contribution >= 0.6 is 0 Å². The fourth-order valence-electron chi connectivity index (χ4n) is 2.89. The van der Waals surface area contributed by atoms with Crippen LogP contribution < -0.4 is 11.1 Å². The Morgan fingerprint density at radius 1 is 1.36 bits per heavy atom. The van der Waals surface area contributed by atoms with E-state index in [9.17, 15) is 22.8 Å². The molecule has 1 atom stereocenters. The maximum Gasteiger partial charge on any atom is 0.284 e. The van der Waals surface area contributed by atoms with Gasteiger partial charge in [0, 0.05) is 18.0 Å². The minimum absolute atomic E-state index is 0.0149. The van der Waals surface area contributed by atoms with E-state index in [0.29, 0.717) is 17.3 Å². The van der Waals surface area contributed by atoms with E-state index in [1.807, 2.05) is 0 Å². The molecule has 9 nitrogen and oxygen atoms in total. The molecule has 154 valence electrons. The van der Waals surface area contributed by atoms with Gasteiger partial charge < -0.3 is 11.1 Å². The predicted octanol–water partition coefficient (Wildman–Crippen LogP) is 0.212. The van der Waals surface area contributed by atoms with Crippen molar-refractivity contribution in [3.63, 3.8) is 0 Å². The molecule has 0 spiro atoms. The van der Waals surface area contributed by atoms with Gasteiger partial charge in [-0.15, -0.1) is 0 Å². The van der Waals surface area contributed by atoms with Gasteiger partial charge in [0.15, 0.2) is 10.8 Å². The Morgan fingerprint density at radius 3 is 2.68 bits per heavy atom. The third-order valence-corrected chi connectivity index (χ3v) is 6.57. The Kier molecular flexibility index (Phi) is 6.89. The fraction of sp³-hybridized carbons (Fsp3) is 0.556. The standard InChI is InChI=1S/C18H26N4O5S/c1-18(2,17(19)25)9-8-16(24)22(13-6-5-10-20-12-14(13)23)28(26,27)15-7-3-4-11-21-15/h3-4,7,11,13,20H,5-6,8-10,12H2,1-2H3,(H2,19,25)/t13-/m0/s1. The van der Waals surface area contributed by atoms with Gasteiger partial charge in [-0.05, 0) is 37.9 Å². The van der Waals surface area contributed by atoms with Gasteiger partial charge in [0.25, 0.3) is 10.0 Å². The zero-order chi connectivity index (χ0) is 20.9. The van der Waals surface area contributed by atoms with E-state index in [1.54, 1.807) is 19.9 Å². The van der Waals surface area contributed by atoms with Crippen molar-refractivity contribution in [3.8, 4) is 0 Å². The van der Waals surface area contributed by atoms with Crippen LogP contribution in [0.25, 0.3) is 0 Å². The number of carbonyl (C=O) groups excluding carboxylic acids is 3. The van der Waals surface area contributed by atoms with Gasteiger partial charge in [-0.1, -0.05) is 19.9 Å². The smallest absolute Gasteiger partial charge is 0.284 e. The molecule has 1 saturated heterocycles. The number of carbonyl (C=O) groups is 3. The number of nitrogens with one attached hydrogen (secondary N) is 1. The van der Waals surface area contributed by atoms with Crippen molar-refractivity contribution >= 4 is 27.6 Å². The molecule has 2 heterocycles.